The van der Waals surface area contributed by atoms with Gasteiger partial charge in [0, 0.05) is 17.6 Å². The number of nitrogens with one attached hydrogen (secondary N) is 1. The molecule has 0 saturated carbocycles. The number of hydrogen-bond donors (Lipinski definition) is 1. The highest BCUT2D eigenvalue weighted by Crippen LogP contribution is 2.22. The molecule has 1 fully saturated rings. The van der Waals surface area contributed by atoms with Crippen molar-refractivity contribution in [1.82, 2.24) is 9.62 Å². The molecule has 7 heteroatoms. The zero-order valence-corrected chi connectivity index (χ0v) is 16.6. The molecule has 1 heterocycles. The first kappa shape index (κ1) is 19.4. The van der Waals surface area contributed by atoms with Crippen molar-refractivity contribution in [2.45, 2.75) is 39.2 Å². The normalized spacial score (nSPS) is 20.5. The van der Waals surface area contributed by atoms with Crippen LogP contribution in [0.25, 0.3) is 0 Å². The van der Waals surface area contributed by atoms with Gasteiger partial charge in [0.2, 0.25) is 15.9 Å². The summed E-state index contributed by atoms with van der Waals surface area (Å²) in [5.74, 6) is -0.200. The quantitative estimate of drug-likeness (QED) is 0.774. The molecule has 1 aliphatic heterocycles. The SMILES string of the molecule is CCCS(=O)(=O)N1CCC[C@@H](C(=O)N[C@@H](C)c2cccc(Br)c2)C1. The molecule has 1 N–H and O–H groups in total. The maximum Gasteiger partial charge on any atom is 0.224 e. The van der Waals surface area contributed by atoms with Crippen LogP contribution in [0, 0.1) is 5.92 Å². The summed E-state index contributed by atoms with van der Waals surface area (Å²) < 4.78 is 26.9. The average molecular weight is 417 g/mol. The molecular formula is C17H25BrN2O3S. The zero-order chi connectivity index (χ0) is 17.7. The van der Waals surface area contributed by atoms with Crippen molar-refractivity contribution in [2.24, 2.45) is 5.92 Å². The Kier molecular flexibility index (Phi) is 6.83. The fourth-order valence-corrected chi connectivity index (χ4v) is 4.99. The van der Waals surface area contributed by atoms with Crippen LogP contribution in [0.5, 0.6) is 0 Å². The molecule has 0 radical (unpaired) electrons. The van der Waals surface area contributed by atoms with E-state index in [2.05, 4.69) is 21.2 Å². The van der Waals surface area contributed by atoms with E-state index in [1.165, 1.54) is 4.31 Å². The van der Waals surface area contributed by atoms with Crippen molar-refractivity contribution in [3.63, 3.8) is 0 Å². The van der Waals surface area contributed by atoms with Crippen LogP contribution < -0.4 is 5.32 Å². The highest BCUT2D eigenvalue weighted by molar-refractivity contribution is 9.10. The monoisotopic (exact) mass is 416 g/mol. The summed E-state index contributed by atoms with van der Waals surface area (Å²) in [6.45, 7) is 4.60. The Hall–Kier alpha value is -0.920. The largest absolute Gasteiger partial charge is 0.349 e. The molecule has 0 aromatic heterocycles. The Morgan fingerprint density at radius 1 is 1.46 bits per heavy atom. The molecule has 0 spiro atoms. The van der Waals surface area contributed by atoms with Gasteiger partial charge in [-0.2, -0.15) is 0 Å². The lowest BCUT2D eigenvalue weighted by atomic mass is 9.98. The van der Waals surface area contributed by atoms with Gasteiger partial charge in [0.1, 0.15) is 0 Å². The summed E-state index contributed by atoms with van der Waals surface area (Å²) >= 11 is 3.43. The topological polar surface area (TPSA) is 66.5 Å². The molecular weight excluding hydrogens is 392 g/mol. The van der Waals surface area contributed by atoms with Crippen molar-refractivity contribution in [2.75, 3.05) is 18.8 Å². The lowest BCUT2D eigenvalue weighted by Gasteiger charge is -2.31. The second kappa shape index (κ2) is 8.45. The van der Waals surface area contributed by atoms with Gasteiger partial charge in [-0.1, -0.05) is 35.0 Å². The predicted molar refractivity (Wildman–Crippen MR) is 99.1 cm³/mol. The van der Waals surface area contributed by atoms with E-state index in [1.807, 2.05) is 38.1 Å². The third-order valence-corrected chi connectivity index (χ3v) is 6.85. The number of hydrogen-bond acceptors (Lipinski definition) is 3. The summed E-state index contributed by atoms with van der Waals surface area (Å²) in [5, 5.41) is 3.02. The average Bonchev–Trinajstić information content (AvgIpc) is 2.55. The third kappa shape index (κ3) is 5.04. The van der Waals surface area contributed by atoms with E-state index in [9.17, 15) is 13.2 Å². The number of piperidine rings is 1. The third-order valence-electron chi connectivity index (χ3n) is 4.32. The summed E-state index contributed by atoms with van der Waals surface area (Å²) in [5.41, 5.74) is 1.02. The summed E-state index contributed by atoms with van der Waals surface area (Å²) in [6, 6.07) is 7.70. The fourth-order valence-electron chi connectivity index (χ4n) is 2.99. The number of sulfonamides is 1. The molecule has 1 amide bonds. The summed E-state index contributed by atoms with van der Waals surface area (Å²) in [6.07, 6.45) is 2.05. The molecule has 134 valence electrons. The molecule has 0 unspecified atom stereocenters. The van der Waals surface area contributed by atoms with E-state index in [0.717, 1.165) is 22.9 Å². The van der Waals surface area contributed by atoms with Crippen LogP contribution in [0.1, 0.15) is 44.7 Å². The number of carbonyl (C=O) groups is 1. The van der Waals surface area contributed by atoms with Crippen molar-refractivity contribution in [3.8, 4) is 0 Å². The maximum absolute atomic E-state index is 12.6. The Morgan fingerprint density at radius 2 is 2.21 bits per heavy atom. The Balaban J connectivity index is 1.99. The maximum atomic E-state index is 12.6. The lowest BCUT2D eigenvalue weighted by molar-refractivity contribution is -0.126. The first-order valence-electron chi connectivity index (χ1n) is 8.37. The van der Waals surface area contributed by atoms with Gasteiger partial charge in [-0.3, -0.25) is 4.79 Å². The molecule has 1 aromatic carbocycles. The van der Waals surface area contributed by atoms with Crippen molar-refractivity contribution < 1.29 is 13.2 Å². The molecule has 2 rings (SSSR count). The second-order valence-corrected chi connectivity index (χ2v) is 9.30. The highest BCUT2D eigenvalue weighted by atomic mass is 79.9. The molecule has 5 nitrogen and oxygen atoms in total. The van der Waals surface area contributed by atoms with Crippen molar-refractivity contribution >= 4 is 31.9 Å². The second-order valence-electron chi connectivity index (χ2n) is 6.30. The number of benzene rings is 1. The minimum atomic E-state index is -3.24. The van der Waals surface area contributed by atoms with E-state index in [1.54, 1.807) is 0 Å². The van der Waals surface area contributed by atoms with Crippen LogP contribution in [0.2, 0.25) is 0 Å². The van der Waals surface area contributed by atoms with Crippen LogP contribution >= 0.6 is 15.9 Å². The van der Waals surface area contributed by atoms with Gasteiger partial charge in [0.15, 0.2) is 0 Å². The minimum Gasteiger partial charge on any atom is -0.349 e. The summed E-state index contributed by atoms with van der Waals surface area (Å²) in [7, 11) is -3.24. The number of carbonyl (C=O) groups excluding carboxylic acids is 1. The molecule has 1 aromatic rings. The van der Waals surface area contributed by atoms with Crippen molar-refractivity contribution in [1.29, 1.82) is 0 Å². The van der Waals surface area contributed by atoms with Gasteiger partial charge in [-0.05, 0) is 43.9 Å². The van der Waals surface area contributed by atoms with Gasteiger partial charge in [-0.25, -0.2) is 12.7 Å². The Bertz CT molecular complexity index is 678. The lowest BCUT2D eigenvalue weighted by Crippen LogP contribution is -2.46. The predicted octanol–water partition coefficient (Wildman–Crippen LogP) is 3.08. The van der Waals surface area contributed by atoms with Crippen molar-refractivity contribution in [3.05, 3.63) is 34.3 Å². The molecule has 1 saturated heterocycles. The molecule has 0 aliphatic carbocycles. The Morgan fingerprint density at radius 3 is 2.88 bits per heavy atom. The van der Waals surface area contributed by atoms with Crippen LogP contribution in [-0.2, 0) is 14.8 Å². The number of halogens is 1. The van der Waals surface area contributed by atoms with Gasteiger partial charge >= 0.3 is 0 Å². The van der Waals surface area contributed by atoms with Crippen LogP contribution in [-0.4, -0.2) is 37.5 Å². The standard InChI is InChI=1S/C17H25BrN2O3S/c1-3-10-24(22,23)20-9-5-7-15(12-20)17(21)19-13(2)14-6-4-8-16(18)11-14/h4,6,8,11,13,15H,3,5,7,9-10,12H2,1-2H3,(H,19,21)/t13-,15+/m0/s1. The van der Waals surface area contributed by atoms with E-state index in [0.29, 0.717) is 19.5 Å². The van der Waals surface area contributed by atoms with Crippen LogP contribution in [0.3, 0.4) is 0 Å². The molecule has 2 atom stereocenters. The number of rotatable bonds is 6. The van der Waals surface area contributed by atoms with E-state index in [-0.39, 0.29) is 23.6 Å². The van der Waals surface area contributed by atoms with E-state index < -0.39 is 10.0 Å². The summed E-state index contributed by atoms with van der Waals surface area (Å²) in [4.78, 5) is 12.6. The van der Waals surface area contributed by atoms with Crippen LogP contribution in [0.4, 0.5) is 0 Å². The van der Waals surface area contributed by atoms with Gasteiger partial charge in [-0.15, -0.1) is 0 Å². The van der Waals surface area contributed by atoms with E-state index >= 15 is 0 Å². The van der Waals surface area contributed by atoms with E-state index in [4.69, 9.17) is 0 Å². The minimum absolute atomic E-state index is 0.0705. The van der Waals surface area contributed by atoms with Gasteiger partial charge in [0.25, 0.3) is 0 Å². The smallest absolute Gasteiger partial charge is 0.224 e. The van der Waals surface area contributed by atoms with Gasteiger partial charge in [0.05, 0.1) is 17.7 Å². The number of amides is 1. The molecule has 0 bridgehead atoms. The Labute approximate surface area is 153 Å². The van der Waals surface area contributed by atoms with Crippen LogP contribution in [0.15, 0.2) is 28.7 Å². The van der Waals surface area contributed by atoms with Gasteiger partial charge < -0.3 is 5.32 Å². The highest BCUT2D eigenvalue weighted by Gasteiger charge is 2.32. The molecule has 24 heavy (non-hydrogen) atoms. The first-order valence-corrected chi connectivity index (χ1v) is 10.8. The molecule has 1 aliphatic rings. The number of nitrogens with zero attached hydrogens (tertiary/aromatic N) is 1. The first-order chi connectivity index (χ1) is 11.3. The zero-order valence-electron chi connectivity index (χ0n) is 14.2. The fraction of sp³-hybridized carbons (Fsp3) is 0.588.